The van der Waals surface area contributed by atoms with Gasteiger partial charge in [0, 0.05) is 30.8 Å². The van der Waals surface area contributed by atoms with Crippen molar-refractivity contribution >= 4 is 35.4 Å². The summed E-state index contributed by atoms with van der Waals surface area (Å²) >= 11 is 0. The van der Waals surface area contributed by atoms with Crippen LogP contribution in [-0.4, -0.2) is 80.9 Å². The number of rotatable bonds is 14. The first-order valence-corrected chi connectivity index (χ1v) is 18.4. The van der Waals surface area contributed by atoms with E-state index in [-0.39, 0.29) is 36.6 Å². The molecule has 13 heteroatoms. The zero-order valence-electron chi connectivity index (χ0n) is 32.0. The molecule has 4 amide bonds. The number of hydrogen-bond acceptors (Lipinski definition) is 8. The number of aromatic nitrogens is 2. The molecule has 3 N–H and O–H groups in total. The van der Waals surface area contributed by atoms with Crippen molar-refractivity contribution in [3.8, 4) is 0 Å². The number of Topliss-reactive ketones (excluding diaryl/α,β-unsaturated/α-hetero) is 1. The van der Waals surface area contributed by atoms with Crippen LogP contribution in [0.15, 0.2) is 104 Å². The van der Waals surface area contributed by atoms with E-state index < -0.39 is 41.1 Å². The molecule has 0 radical (unpaired) electrons. The van der Waals surface area contributed by atoms with E-state index in [0.29, 0.717) is 31.5 Å². The summed E-state index contributed by atoms with van der Waals surface area (Å²) in [5.41, 5.74) is 0.0476. The highest BCUT2D eigenvalue weighted by Crippen LogP contribution is 2.27. The topological polar surface area (TPSA) is 161 Å². The van der Waals surface area contributed by atoms with Gasteiger partial charge in [-0.15, -0.1) is 0 Å². The van der Waals surface area contributed by atoms with Crippen molar-refractivity contribution < 1.29 is 33.4 Å². The van der Waals surface area contributed by atoms with Crippen LogP contribution >= 0.6 is 0 Å². The number of likely N-dealkylation sites (tertiary alicyclic amines) is 1. The molecule has 1 fully saturated rings. The smallest absolute Gasteiger partial charge is 0.408 e. The summed E-state index contributed by atoms with van der Waals surface area (Å²) in [6.45, 7) is 8.97. The number of hydrogen-bond donors (Lipinski definition) is 3. The van der Waals surface area contributed by atoms with E-state index in [1.54, 1.807) is 36.4 Å². The molecule has 1 aliphatic rings. The second-order valence-electron chi connectivity index (χ2n) is 15.1. The molecule has 2 atom stereocenters. The van der Waals surface area contributed by atoms with Gasteiger partial charge in [0.2, 0.25) is 11.8 Å². The zero-order chi connectivity index (χ0) is 39.6. The van der Waals surface area contributed by atoms with E-state index in [1.807, 2.05) is 91.0 Å². The van der Waals surface area contributed by atoms with Crippen LogP contribution in [0.1, 0.15) is 75.0 Å². The van der Waals surface area contributed by atoms with Crippen molar-refractivity contribution in [1.82, 2.24) is 25.1 Å². The van der Waals surface area contributed by atoms with E-state index in [0.717, 1.165) is 11.1 Å². The molecule has 3 aromatic carbocycles. The second kappa shape index (κ2) is 18.0. The summed E-state index contributed by atoms with van der Waals surface area (Å²) in [5, 5.41) is 8.02. The lowest BCUT2D eigenvalue weighted by atomic mass is 9.88. The molecule has 0 bridgehead atoms. The summed E-state index contributed by atoms with van der Waals surface area (Å²) in [4.78, 5) is 73.2. The van der Waals surface area contributed by atoms with Crippen molar-refractivity contribution in [1.29, 1.82) is 0 Å². The number of ketones is 1. The Hall–Kier alpha value is -5.82. The molecule has 0 aliphatic carbocycles. The van der Waals surface area contributed by atoms with Gasteiger partial charge in [-0.25, -0.2) is 9.78 Å². The summed E-state index contributed by atoms with van der Waals surface area (Å²) in [6, 6.07) is 25.9. The van der Waals surface area contributed by atoms with Gasteiger partial charge in [0.05, 0.1) is 19.5 Å². The SMILES string of the molecule is CC(C)(C)OC(=O)NC(C)(C)C(=O)N[C@H](COCc1ccccc1)C(=O)Nc1cn(C(C(=O)N2CCC(C(=O)c3ccccc3)CC2)c2ccccc2)cn1. The third-order valence-corrected chi connectivity index (χ3v) is 9.13. The molecule has 1 aromatic heterocycles. The number of carbonyl (C=O) groups excluding carboxylic acids is 5. The van der Waals surface area contributed by atoms with E-state index in [1.165, 1.54) is 20.2 Å². The Morgan fingerprint density at radius 1 is 0.836 bits per heavy atom. The van der Waals surface area contributed by atoms with Crippen LogP contribution in [-0.2, 0) is 30.5 Å². The fourth-order valence-corrected chi connectivity index (χ4v) is 6.21. The molecule has 1 unspecified atom stereocenters. The Kier molecular flexibility index (Phi) is 13.2. The fourth-order valence-electron chi connectivity index (χ4n) is 6.21. The average Bonchev–Trinajstić information content (AvgIpc) is 3.61. The Labute approximate surface area is 321 Å². The number of nitrogens with one attached hydrogen (secondary N) is 3. The van der Waals surface area contributed by atoms with Gasteiger partial charge < -0.3 is 34.9 Å². The number of nitrogens with zero attached hydrogens (tertiary/aromatic N) is 3. The number of imidazole rings is 1. The average molecular weight is 751 g/mol. The van der Waals surface area contributed by atoms with Crippen LogP contribution in [0.5, 0.6) is 0 Å². The highest BCUT2D eigenvalue weighted by Gasteiger charge is 2.36. The third-order valence-electron chi connectivity index (χ3n) is 9.13. The Morgan fingerprint density at radius 3 is 2.05 bits per heavy atom. The molecule has 0 spiro atoms. The van der Waals surface area contributed by atoms with E-state index in [2.05, 4.69) is 20.9 Å². The largest absolute Gasteiger partial charge is 0.444 e. The van der Waals surface area contributed by atoms with Gasteiger partial charge in [-0.05, 0) is 58.6 Å². The summed E-state index contributed by atoms with van der Waals surface area (Å²) in [5.74, 6) is -1.35. The number of carbonyl (C=O) groups is 5. The van der Waals surface area contributed by atoms with Gasteiger partial charge in [-0.2, -0.15) is 0 Å². The first-order valence-electron chi connectivity index (χ1n) is 18.4. The van der Waals surface area contributed by atoms with Gasteiger partial charge >= 0.3 is 6.09 Å². The zero-order valence-corrected chi connectivity index (χ0v) is 32.0. The van der Waals surface area contributed by atoms with Crippen LogP contribution in [0.4, 0.5) is 10.6 Å². The summed E-state index contributed by atoms with van der Waals surface area (Å²) in [7, 11) is 0. The van der Waals surface area contributed by atoms with Crippen molar-refractivity contribution in [3.63, 3.8) is 0 Å². The lowest BCUT2D eigenvalue weighted by molar-refractivity contribution is -0.134. The third kappa shape index (κ3) is 11.3. The summed E-state index contributed by atoms with van der Waals surface area (Å²) < 4.78 is 12.8. The van der Waals surface area contributed by atoms with Crippen LogP contribution in [0, 0.1) is 5.92 Å². The first kappa shape index (κ1) is 40.4. The summed E-state index contributed by atoms with van der Waals surface area (Å²) in [6.07, 6.45) is 3.36. The van der Waals surface area contributed by atoms with Gasteiger partial charge in [-0.3, -0.25) is 19.2 Å². The molecule has 1 saturated heterocycles. The van der Waals surface area contributed by atoms with Crippen molar-refractivity contribution in [2.24, 2.45) is 5.92 Å². The van der Waals surface area contributed by atoms with E-state index in [9.17, 15) is 24.0 Å². The molecule has 0 saturated carbocycles. The predicted molar refractivity (Wildman–Crippen MR) is 207 cm³/mol. The molecule has 4 aromatic rings. The molecule has 2 heterocycles. The molecule has 290 valence electrons. The number of alkyl carbamates (subject to hydrolysis) is 1. The number of ether oxygens (including phenoxy) is 2. The molecular formula is C42H50N6O7. The minimum atomic E-state index is -1.45. The quantitative estimate of drug-likeness (QED) is 0.142. The number of benzene rings is 3. The predicted octanol–water partition coefficient (Wildman–Crippen LogP) is 5.54. The van der Waals surface area contributed by atoms with E-state index >= 15 is 0 Å². The molecular weight excluding hydrogens is 700 g/mol. The Bertz CT molecular complexity index is 1920. The number of amides is 4. The Morgan fingerprint density at radius 2 is 1.44 bits per heavy atom. The first-order chi connectivity index (χ1) is 26.2. The second-order valence-corrected chi connectivity index (χ2v) is 15.1. The van der Waals surface area contributed by atoms with Gasteiger partial charge in [-0.1, -0.05) is 91.0 Å². The van der Waals surface area contributed by atoms with Crippen molar-refractivity contribution in [2.45, 2.75) is 77.3 Å². The van der Waals surface area contributed by atoms with Gasteiger partial charge in [0.15, 0.2) is 11.6 Å². The molecule has 55 heavy (non-hydrogen) atoms. The standard InChI is InChI=1S/C42H50N6O7/c1-41(2,3)55-40(53)46-42(4,5)39(52)44-33(27-54-26-29-15-9-6-10-16-29)37(50)45-34-25-48(28-43-34)35(30-17-11-7-12-18-30)38(51)47-23-21-32(22-24-47)36(49)31-19-13-8-14-20-31/h6-20,25,28,32-33,35H,21-24,26-27H2,1-5H3,(H,44,52)(H,45,50)(H,46,53)/t33-,35?/m1/s1. The van der Waals surface area contributed by atoms with Crippen LogP contribution in [0.2, 0.25) is 0 Å². The lowest BCUT2D eigenvalue weighted by Crippen LogP contribution is -2.59. The van der Waals surface area contributed by atoms with Gasteiger partial charge in [0.1, 0.15) is 23.2 Å². The minimum Gasteiger partial charge on any atom is -0.444 e. The lowest BCUT2D eigenvalue weighted by Gasteiger charge is -2.34. The molecule has 1 aliphatic heterocycles. The number of anilines is 1. The van der Waals surface area contributed by atoms with Crippen LogP contribution in [0.3, 0.4) is 0 Å². The molecule has 13 nitrogen and oxygen atoms in total. The molecule has 5 rings (SSSR count). The highest BCUT2D eigenvalue weighted by atomic mass is 16.6. The minimum absolute atomic E-state index is 0.0881. The highest BCUT2D eigenvalue weighted by molar-refractivity contribution is 5.99. The van der Waals surface area contributed by atoms with Crippen molar-refractivity contribution in [3.05, 3.63) is 120 Å². The monoisotopic (exact) mass is 750 g/mol. The van der Waals surface area contributed by atoms with Gasteiger partial charge in [0.25, 0.3) is 5.91 Å². The van der Waals surface area contributed by atoms with Crippen LogP contribution in [0.25, 0.3) is 0 Å². The maximum Gasteiger partial charge on any atom is 0.408 e. The maximum atomic E-state index is 14.2. The van der Waals surface area contributed by atoms with Crippen LogP contribution < -0.4 is 16.0 Å². The normalized spacial score (nSPS) is 14.7. The fraction of sp³-hybridized carbons (Fsp3) is 0.381. The maximum absolute atomic E-state index is 14.2. The van der Waals surface area contributed by atoms with E-state index in [4.69, 9.17) is 9.47 Å². The Balaban J connectivity index is 1.29. The number of piperidine rings is 1. The van der Waals surface area contributed by atoms with Crippen molar-refractivity contribution in [2.75, 3.05) is 25.0 Å².